The molecule has 0 heterocycles. The van der Waals surface area contributed by atoms with Crippen LogP contribution in [0.4, 0.5) is 10.5 Å². The second kappa shape index (κ2) is 8.13. The van der Waals surface area contributed by atoms with Crippen LogP contribution in [0.1, 0.15) is 26.2 Å². The van der Waals surface area contributed by atoms with Gasteiger partial charge in [-0.05, 0) is 18.6 Å². The Labute approximate surface area is 108 Å². The Morgan fingerprint density at radius 2 is 2.11 bits per heavy atom. The van der Waals surface area contributed by atoms with E-state index in [-0.39, 0.29) is 6.03 Å². The molecule has 0 fully saturated rings. The van der Waals surface area contributed by atoms with Gasteiger partial charge in [-0.3, -0.25) is 4.90 Å². The highest BCUT2D eigenvalue weighted by atomic mass is 16.2. The number of carbonyl (C=O) groups is 1. The van der Waals surface area contributed by atoms with Crippen LogP contribution in [0.15, 0.2) is 30.3 Å². The second-order valence-electron chi connectivity index (χ2n) is 3.98. The Morgan fingerprint density at radius 1 is 1.39 bits per heavy atom. The zero-order valence-corrected chi connectivity index (χ0v) is 10.7. The molecule has 4 heteroatoms. The maximum Gasteiger partial charge on any atom is 0.321 e. The number of rotatable bonds is 6. The van der Waals surface area contributed by atoms with Crippen LogP contribution >= 0.6 is 0 Å². The number of amides is 2. The van der Waals surface area contributed by atoms with Crippen LogP contribution in [0.2, 0.25) is 0 Å². The molecule has 0 aliphatic heterocycles. The molecule has 4 nitrogen and oxygen atoms in total. The molecular weight excluding hydrogens is 226 g/mol. The highest BCUT2D eigenvalue weighted by molar-refractivity contribution is 5.91. The third kappa shape index (κ3) is 4.46. The summed E-state index contributed by atoms with van der Waals surface area (Å²) in [5.41, 5.74) is 0.821. The smallest absolute Gasteiger partial charge is 0.321 e. The predicted molar refractivity (Wildman–Crippen MR) is 72.3 cm³/mol. The van der Waals surface area contributed by atoms with Gasteiger partial charge in [0.15, 0.2) is 0 Å². The van der Waals surface area contributed by atoms with Gasteiger partial charge in [0.1, 0.15) is 0 Å². The van der Waals surface area contributed by atoms with Gasteiger partial charge >= 0.3 is 6.03 Å². The van der Waals surface area contributed by atoms with Crippen LogP contribution in [-0.4, -0.2) is 19.1 Å². The Balaban J connectivity index is 2.66. The molecule has 0 radical (unpaired) electrons. The molecule has 0 aliphatic rings. The third-order valence-electron chi connectivity index (χ3n) is 2.57. The first-order valence-electron chi connectivity index (χ1n) is 6.27. The van der Waals surface area contributed by atoms with Gasteiger partial charge in [-0.1, -0.05) is 31.5 Å². The molecule has 0 unspecified atom stereocenters. The van der Waals surface area contributed by atoms with Gasteiger partial charge in [-0.25, -0.2) is 4.79 Å². The van der Waals surface area contributed by atoms with E-state index in [4.69, 9.17) is 5.26 Å². The number of nitriles is 1. The summed E-state index contributed by atoms with van der Waals surface area (Å²) >= 11 is 0. The van der Waals surface area contributed by atoms with Gasteiger partial charge in [0, 0.05) is 18.8 Å². The first kappa shape index (κ1) is 14.0. The van der Waals surface area contributed by atoms with Crippen LogP contribution in [0.5, 0.6) is 0 Å². The third-order valence-corrected chi connectivity index (χ3v) is 2.57. The summed E-state index contributed by atoms with van der Waals surface area (Å²) in [4.78, 5) is 13.6. The number of nitrogens with one attached hydrogen (secondary N) is 1. The van der Waals surface area contributed by atoms with Crippen LogP contribution in [0, 0.1) is 11.3 Å². The lowest BCUT2D eigenvalue weighted by molar-refractivity contribution is 0.246. The average molecular weight is 245 g/mol. The van der Waals surface area contributed by atoms with E-state index in [0.717, 1.165) is 18.5 Å². The van der Waals surface area contributed by atoms with Crippen LogP contribution in [-0.2, 0) is 0 Å². The minimum atomic E-state index is -0.134. The van der Waals surface area contributed by atoms with E-state index in [0.29, 0.717) is 19.5 Å². The molecule has 1 aromatic carbocycles. The van der Waals surface area contributed by atoms with E-state index >= 15 is 0 Å². The van der Waals surface area contributed by atoms with Gasteiger partial charge < -0.3 is 5.32 Å². The van der Waals surface area contributed by atoms with Crippen molar-refractivity contribution < 1.29 is 4.79 Å². The molecule has 0 saturated heterocycles. The lowest BCUT2D eigenvalue weighted by Gasteiger charge is -2.22. The number of anilines is 1. The molecular formula is C14H19N3O. The summed E-state index contributed by atoms with van der Waals surface area (Å²) in [5.74, 6) is 0. The molecule has 96 valence electrons. The molecule has 2 amide bonds. The molecule has 0 spiro atoms. The molecule has 0 aromatic heterocycles. The first-order chi connectivity index (χ1) is 8.79. The fourth-order valence-corrected chi connectivity index (χ4v) is 1.59. The summed E-state index contributed by atoms with van der Waals surface area (Å²) in [7, 11) is 0. The number of para-hydroxylation sites is 1. The summed E-state index contributed by atoms with van der Waals surface area (Å²) in [6, 6.07) is 11.3. The molecule has 0 atom stereocenters. The number of carbonyl (C=O) groups excluding carboxylic acids is 1. The molecule has 0 aliphatic carbocycles. The Kier molecular flexibility index (Phi) is 6.34. The number of hydrogen-bond acceptors (Lipinski definition) is 2. The fourth-order valence-electron chi connectivity index (χ4n) is 1.59. The number of urea groups is 1. The van der Waals surface area contributed by atoms with Gasteiger partial charge in [0.25, 0.3) is 0 Å². The van der Waals surface area contributed by atoms with E-state index in [1.54, 1.807) is 4.90 Å². The molecule has 0 saturated carbocycles. The average Bonchev–Trinajstić information content (AvgIpc) is 2.41. The molecule has 0 bridgehead atoms. The minimum absolute atomic E-state index is 0.134. The van der Waals surface area contributed by atoms with Gasteiger partial charge in [0.2, 0.25) is 0 Å². The predicted octanol–water partition coefficient (Wildman–Crippen LogP) is 2.92. The van der Waals surface area contributed by atoms with E-state index in [1.165, 1.54) is 0 Å². The summed E-state index contributed by atoms with van der Waals surface area (Å²) in [6.07, 6.45) is 2.34. The monoisotopic (exact) mass is 245 g/mol. The second-order valence-corrected chi connectivity index (χ2v) is 3.98. The van der Waals surface area contributed by atoms with Crippen molar-refractivity contribution >= 4 is 11.7 Å². The molecule has 1 N–H and O–H groups in total. The fraction of sp³-hybridized carbons (Fsp3) is 0.429. The highest BCUT2D eigenvalue weighted by Gasteiger charge is 2.14. The van der Waals surface area contributed by atoms with Gasteiger partial charge in [0.05, 0.1) is 12.5 Å². The lowest BCUT2D eigenvalue weighted by atomic mass is 10.3. The van der Waals surface area contributed by atoms with Crippen LogP contribution in [0.3, 0.4) is 0 Å². The highest BCUT2D eigenvalue weighted by Crippen LogP contribution is 2.13. The summed E-state index contributed by atoms with van der Waals surface area (Å²) < 4.78 is 0. The normalized spacial score (nSPS) is 9.56. The summed E-state index contributed by atoms with van der Waals surface area (Å²) in [6.45, 7) is 3.17. The van der Waals surface area contributed by atoms with Gasteiger partial charge in [-0.2, -0.15) is 5.26 Å². The van der Waals surface area contributed by atoms with Crippen molar-refractivity contribution in [3.63, 3.8) is 0 Å². The Bertz CT molecular complexity index is 397. The number of hydrogen-bond donors (Lipinski definition) is 1. The van der Waals surface area contributed by atoms with E-state index in [1.807, 2.05) is 30.3 Å². The van der Waals surface area contributed by atoms with Crippen molar-refractivity contribution in [2.24, 2.45) is 0 Å². The van der Waals surface area contributed by atoms with E-state index < -0.39 is 0 Å². The number of nitrogens with zero attached hydrogens (tertiary/aromatic N) is 2. The molecule has 1 aromatic rings. The van der Waals surface area contributed by atoms with Gasteiger partial charge in [-0.15, -0.1) is 0 Å². The largest absolute Gasteiger partial charge is 0.338 e. The Hall–Kier alpha value is -2.02. The molecule has 18 heavy (non-hydrogen) atoms. The standard InChI is InChI=1S/C14H19N3O/c1-2-3-11-16-14(18)17(12-7-10-15)13-8-5-4-6-9-13/h4-6,8-9H,2-3,7,11-12H2,1H3,(H,16,18). The Morgan fingerprint density at radius 3 is 2.72 bits per heavy atom. The van der Waals surface area contributed by atoms with Crippen molar-refractivity contribution in [2.45, 2.75) is 26.2 Å². The number of benzene rings is 1. The van der Waals surface area contributed by atoms with Crippen molar-refractivity contribution in [3.05, 3.63) is 30.3 Å². The maximum absolute atomic E-state index is 12.0. The van der Waals surface area contributed by atoms with Crippen molar-refractivity contribution in [3.8, 4) is 6.07 Å². The van der Waals surface area contributed by atoms with Crippen LogP contribution in [0.25, 0.3) is 0 Å². The van der Waals surface area contributed by atoms with Crippen molar-refractivity contribution in [1.82, 2.24) is 5.32 Å². The molecule has 1 rings (SSSR count). The zero-order chi connectivity index (χ0) is 13.2. The lowest BCUT2D eigenvalue weighted by Crippen LogP contribution is -2.41. The number of unbranched alkanes of at least 4 members (excludes halogenated alkanes) is 1. The quantitative estimate of drug-likeness (QED) is 0.783. The summed E-state index contributed by atoms with van der Waals surface area (Å²) in [5, 5.41) is 11.5. The topological polar surface area (TPSA) is 56.1 Å². The van der Waals surface area contributed by atoms with E-state index in [2.05, 4.69) is 18.3 Å². The van der Waals surface area contributed by atoms with Crippen molar-refractivity contribution in [2.75, 3.05) is 18.0 Å². The SMILES string of the molecule is CCCCNC(=O)N(CCC#N)c1ccccc1. The van der Waals surface area contributed by atoms with Crippen LogP contribution < -0.4 is 10.2 Å². The first-order valence-corrected chi connectivity index (χ1v) is 6.27. The minimum Gasteiger partial charge on any atom is -0.338 e. The maximum atomic E-state index is 12.0. The zero-order valence-electron chi connectivity index (χ0n) is 10.7. The van der Waals surface area contributed by atoms with E-state index in [9.17, 15) is 4.79 Å². The van der Waals surface area contributed by atoms with Crippen molar-refractivity contribution in [1.29, 1.82) is 5.26 Å².